The maximum Gasteiger partial charge on any atom is 0.262 e. The highest BCUT2D eigenvalue weighted by molar-refractivity contribution is 6.02. The van der Waals surface area contributed by atoms with Gasteiger partial charge in [-0.3, -0.25) is 4.79 Å². The number of hydrogen-bond donors (Lipinski definition) is 1. The third-order valence-corrected chi connectivity index (χ3v) is 5.63. The first-order valence-corrected chi connectivity index (χ1v) is 9.79. The molecule has 0 spiro atoms. The van der Waals surface area contributed by atoms with Crippen LogP contribution >= 0.6 is 0 Å². The third-order valence-electron chi connectivity index (χ3n) is 5.63. The van der Waals surface area contributed by atoms with Crippen molar-refractivity contribution in [2.75, 3.05) is 6.61 Å². The normalized spacial score (nSPS) is 21.6. The molecule has 0 radical (unpaired) electrons. The molecule has 140 valence electrons. The Morgan fingerprint density at radius 3 is 2.73 bits per heavy atom. The Kier molecular flexibility index (Phi) is 6.16. The number of ether oxygens (including phenoxy) is 1. The fourth-order valence-corrected chi connectivity index (χ4v) is 4.06. The number of amides is 1. The van der Waals surface area contributed by atoms with Gasteiger partial charge < -0.3 is 14.6 Å². The molecular formula is C21H29N3O2. The van der Waals surface area contributed by atoms with Crippen LogP contribution in [-0.2, 0) is 16.1 Å². The molecule has 1 atom stereocenters. The fraction of sp³-hybridized carbons (Fsp3) is 0.619. The average molecular weight is 355 g/mol. The van der Waals surface area contributed by atoms with Gasteiger partial charge in [-0.05, 0) is 57.2 Å². The Labute approximate surface area is 156 Å². The molecule has 1 saturated heterocycles. The molecule has 26 heavy (non-hydrogen) atoms. The molecular weight excluding hydrogens is 326 g/mol. The Balaban J connectivity index is 1.73. The van der Waals surface area contributed by atoms with E-state index >= 15 is 0 Å². The summed E-state index contributed by atoms with van der Waals surface area (Å²) in [5.74, 6) is -0.247. The number of carbonyl (C=O) groups excluding carboxylic acids is 1. The van der Waals surface area contributed by atoms with Gasteiger partial charge in [0.25, 0.3) is 5.91 Å². The first-order valence-electron chi connectivity index (χ1n) is 9.79. The summed E-state index contributed by atoms with van der Waals surface area (Å²) >= 11 is 0. The van der Waals surface area contributed by atoms with Crippen LogP contribution in [0, 0.1) is 25.2 Å². The highest BCUT2D eigenvalue weighted by Gasteiger charge is 2.20. The molecule has 1 aliphatic carbocycles. The number of carbonyl (C=O) groups is 1. The van der Waals surface area contributed by atoms with Crippen molar-refractivity contribution in [1.82, 2.24) is 9.88 Å². The van der Waals surface area contributed by atoms with Crippen molar-refractivity contribution in [1.29, 1.82) is 5.26 Å². The molecule has 1 amide bonds. The number of hydrogen-bond acceptors (Lipinski definition) is 3. The maximum absolute atomic E-state index is 12.5. The van der Waals surface area contributed by atoms with Crippen molar-refractivity contribution < 1.29 is 9.53 Å². The number of nitriles is 1. The van der Waals surface area contributed by atoms with Gasteiger partial charge in [-0.25, -0.2) is 0 Å². The minimum atomic E-state index is -0.247. The van der Waals surface area contributed by atoms with Crippen LogP contribution < -0.4 is 5.32 Å². The van der Waals surface area contributed by atoms with Gasteiger partial charge in [-0.2, -0.15) is 5.26 Å². The molecule has 5 heteroatoms. The van der Waals surface area contributed by atoms with Crippen molar-refractivity contribution >= 4 is 12.0 Å². The number of nitrogens with one attached hydrogen (secondary N) is 1. The molecule has 3 rings (SSSR count). The summed E-state index contributed by atoms with van der Waals surface area (Å²) in [5, 5.41) is 12.5. The van der Waals surface area contributed by atoms with Gasteiger partial charge in [-0.15, -0.1) is 0 Å². The molecule has 1 aliphatic heterocycles. The lowest BCUT2D eigenvalue weighted by Gasteiger charge is -2.22. The molecule has 2 heterocycles. The van der Waals surface area contributed by atoms with Crippen molar-refractivity contribution in [3.8, 4) is 6.07 Å². The zero-order chi connectivity index (χ0) is 18.5. The summed E-state index contributed by atoms with van der Waals surface area (Å²) in [7, 11) is 0. The minimum Gasteiger partial charge on any atom is -0.376 e. The molecule has 1 N–H and O–H groups in total. The average Bonchev–Trinajstić information content (AvgIpc) is 3.24. The number of nitrogens with zero attached hydrogens (tertiary/aromatic N) is 2. The zero-order valence-electron chi connectivity index (χ0n) is 15.9. The predicted molar refractivity (Wildman–Crippen MR) is 101 cm³/mol. The van der Waals surface area contributed by atoms with E-state index in [2.05, 4.69) is 28.9 Å². The molecule has 5 nitrogen and oxygen atoms in total. The molecule has 0 aromatic carbocycles. The van der Waals surface area contributed by atoms with Crippen LogP contribution in [0.3, 0.4) is 0 Å². The van der Waals surface area contributed by atoms with Gasteiger partial charge >= 0.3 is 0 Å². The van der Waals surface area contributed by atoms with Crippen LogP contribution in [0.5, 0.6) is 0 Å². The Hall–Kier alpha value is -2.06. The first-order chi connectivity index (χ1) is 12.6. The second-order valence-electron chi connectivity index (χ2n) is 7.55. The molecule has 0 bridgehead atoms. The fourth-order valence-electron chi connectivity index (χ4n) is 4.06. The van der Waals surface area contributed by atoms with Gasteiger partial charge in [0.05, 0.1) is 6.10 Å². The van der Waals surface area contributed by atoms with Crippen LogP contribution in [-0.4, -0.2) is 29.2 Å². The van der Waals surface area contributed by atoms with E-state index in [-0.39, 0.29) is 23.6 Å². The number of aromatic nitrogens is 1. The second-order valence-corrected chi connectivity index (χ2v) is 7.55. The highest BCUT2D eigenvalue weighted by atomic mass is 16.5. The van der Waals surface area contributed by atoms with Crippen molar-refractivity contribution in [2.24, 2.45) is 0 Å². The summed E-state index contributed by atoms with van der Waals surface area (Å²) in [6.07, 6.45) is 9.78. The van der Waals surface area contributed by atoms with Crippen LogP contribution in [0.4, 0.5) is 0 Å². The van der Waals surface area contributed by atoms with Crippen molar-refractivity contribution in [2.45, 2.75) is 77.5 Å². The summed E-state index contributed by atoms with van der Waals surface area (Å²) < 4.78 is 7.98. The van der Waals surface area contributed by atoms with E-state index in [0.29, 0.717) is 0 Å². The summed E-state index contributed by atoms with van der Waals surface area (Å²) in [5.41, 5.74) is 3.34. The van der Waals surface area contributed by atoms with Crippen LogP contribution in [0.1, 0.15) is 61.9 Å². The predicted octanol–water partition coefficient (Wildman–Crippen LogP) is 3.64. The lowest BCUT2D eigenvalue weighted by atomic mass is 9.95. The van der Waals surface area contributed by atoms with Gasteiger partial charge in [0.2, 0.25) is 0 Å². The van der Waals surface area contributed by atoms with E-state index in [1.54, 1.807) is 6.08 Å². The Morgan fingerprint density at radius 1 is 1.31 bits per heavy atom. The molecule has 1 aromatic heterocycles. The van der Waals surface area contributed by atoms with E-state index in [9.17, 15) is 10.1 Å². The molecule has 1 saturated carbocycles. The topological polar surface area (TPSA) is 67.0 Å². The first kappa shape index (κ1) is 18.7. The number of aryl methyl sites for hydroxylation is 1. The summed E-state index contributed by atoms with van der Waals surface area (Å²) in [6.45, 7) is 5.79. The third kappa shape index (κ3) is 4.37. The standard InChI is InChI=1S/C21H29N3O2/c1-15-11-17(16(2)24(15)14-20-9-6-10-26-20)12-18(13-22)21(25)23-19-7-4-3-5-8-19/h11-12,19-20H,3-10,14H2,1-2H3,(H,23,25)/b18-12+/t20-/m0/s1. The van der Waals surface area contributed by atoms with Gasteiger partial charge in [-0.1, -0.05) is 19.3 Å². The second kappa shape index (κ2) is 8.55. The van der Waals surface area contributed by atoms with Gasteiger partial charge in [0.15, 0.2) is 0 Å². The Morgan fingerprint density at radius 2 is 2.08 bits per heavy atom. The van der Waals surface area contributed by atoms with E-state index in [0.717, 1.165) is 68.6 Å². The number of rotatable bonds is 5. The Bertz CT molecular complexity index is 714. The maximum atomic E-state index is 12.5. The quantitative estimate of drug-likeness (QED) is 0.648. The molecule has 2 fully saturated rings. The van der Waals surface area contributed by atoms with Crippen LogP contribution in [0.25, 0.3) is 6.08 Å². The summed E-state index contributed by atoms with van der Waals surface area (Å²) in [6, 6.07) is 4.34. The van der Waals surface area contributed by atoms with E-state index < -0.39 is 0 Å². The SMILES string of the molecule is Cc1cc(/C=C(\C#N)C(=O)NC2CCCCC2)c(C)n1C[C@@H]1CCCO1. The van der Waals surface area contributed by atoms with Crippen molar-refractivity contribution in [3.63, 3.8) is 0 Å². The molecule has 2 aliphatic rings. The van der Waals surface area contributed by atoms with E-state index in [4.69, 9.17) is 4.74 Å². The highest BCUT2D eigenvalue weighted by Crippen LogP contribution is 2.22. The van der Waals surface area contributed by atoms with Gasteiger partial charge in [0, 0.05) is 30.6 Å². The lowest BCUT2D eigenvalue weighted by molar-refractivity contribution is -0.117. The summed E-state index contributed by atoms with van der Waals surface area (Å²) in [4.78, 5) is 12.5. The zero-order valence-corrected chi connectivity index (χ0v) is 15.9. The van der Waals surface area contributed by atoms with Crippen LogP contribution in [0.2, 0.25) is 0 Å². The monoisotopic (exact) mass is 355 g/mol. The van der Waals surface area contributed by atoms with E-state index in [1.165, 1.54) is 6.42 Å². The van der Waals surface area contributed by atoms with Gasteiger partial charge in [0.1, 0.15) is 11.6 Å². The van der Waals surface area contributed by atoms with Crippen LogP contribution in [0.15, 0.2) is 11.6 Å². The molecule has 0 unspecified atom stereocenters. The van der Waals surface area contributed by atoms with Crippen molar-refractivity contribution in [3.05, 3.63) is 28.6 Å². The smallest absolute Gasteiger partial charge is 0.262 e. The molecule has 1 aromatic rings. The lowest BCUT2D eigenvalue weighted by Crippen LogP contribution is -2.36. The van der Waals surface area contributed by atoms with E-state index in [1.807, 2.05) is 6.92 Å². The largest absolute Gasteiger partial charge is 0.376 e. The minimum absolute atomic E-state index is 0.188.